The standard InChI is InChI=1S/C16H10FN3OS/c17-10-1-3-12-9(5-10)6-14(20-12)16(21)19-11-2-4-15-13(7-11)18-8-22-15/h1-8,20H,(H,19,21). The van der Waals surface area contributed by atoms with E-state index in [0.717, 1.165) is 15.7 Å². The van der Waals surface area contributed by atoms with Gasteiger partial charge in [0.2, 0.25) is 0 Å². The van der Waals surface area contributed by atoms with E-state index in [1.54, 1.807) is 29.0 Å². The van der Waals surface area contributed by atoms with Gasteiger partial charge in [0.05, 0.1) is 15.7 Å². The van der Waals surface area contributed by atoms with Gasteiger partial charge >= 0.3 is 0 Å². The number of anilines is 1. The van der Waals surface area contributed by atoms with Crippen LogP contribution in [-0.4, -0.2) is 15.9 Å². The quantitative estimate of drug-likeness (QED) is 0.584. The predicted molar refractivity (Wildman–Crippen MR) is 85.8 cm³/mol. The molecule has 0 spiro atoms. The molecular formula is C16H10FN3OS. The van der Waals surface area contributed by atoms with E-state index in [0.29, 0.717) is 16.8 Å². The number of halogens is 1. The molecule has 1 amide bonds. The highest BCUT2D eigenvalue weighted by Crippen LogP contribution is 2.22. The molecule has 2 heterocycles. The smallest absolute Gasteiger partial charge is 0.272 e. The van der Waals surface area contributed by atoms with Gasteiger partial charge in [0.1, 0.15) is 11.5 Å². The van der Waals surface area contributed by atoms with Crippen molar-refractivity contribution in [3.05, 3.63) is 59.5 Å². The molecule has 0 radical (unpaired) electrons. The molecule has 4 nitrogen and oxygen atoms in total. The first kappa shape index (κ1) is 13.0. The number of thiazole rings is 1. The Kier molecular flexibility index (Phi) is 2.90. The van der Waals surface area contributed by atoms with Gasteiger partial charge in [-0.15, -0.1) is 11.3 Å². The molecule has 0 aliphatic rings. The summed E-state index contributed by atoms with van der Waals surface area (Å²) >= 11 is 1.55. The van der Waals surface area contributed by atoms with Crippen molar-refractivity contribution < 1.29 is 9.18 Å². The summed E-state index contributed by atoms with van der Waals surface area (Å²) in [5.74, 6) is -0.598. The zero-order valence-corrected chi connectivity index (χ0v) is 12.1. The van der Waals surface area contributed by atoms with Gasteiger partial charge in [-0.2, -0.15) is 0 Å². The number of amides is 1. The number of benzene rings is 2. The first-order valence-electron chi connectivity index (χ1n) is 6.62. The van der Waals surface area contributed by atoms with Gasteiger partial charge in [-0.05, 0) is 42.5 Å². The molecule has 4 aromatic rings. The van der Waals surface area contributed by atoms with Crippen LogP contribution < -0.4 is 5.32 Å². The van der Waals surface area contributed by atoms with Crippen LogP contribution in [0.4, 0.5) is 10.1 Å². The van der Waals surface area contributed by atoms with Crippen molar-refractivity contribution in [1.82, 2.24) is 9.97 Å². The normalized spacial score (nSPS) is 11.1. The molecule has 0 aliphatic heterocycles. The molecule has 0 saturated carbocycles. The largest absolute Gasteiger partial charge is 0.351 e. The SMILES string of the molecule is O=C(Nc1ccc2scnc2c1)c1cc2cc(F)ccc2[nH]1. The fraction of sp³-hybridized carbons (Fsp3) is 0. The van der Waals surface area contributed by atoms with Gasteiger partial charge in [-0.25, -0.2) is 9.37 Å². The summed E-state index contributed by atoms with van der Waals surface area (Å²) in [7, 11) is 0. The summed E-state index contributed by atoms with van der Waals surface area (Å²) < 4.78 is 14.3. The average molecular weight is 311 g/mol. The maximum absolute atomic E-state index is 13.2. The molecular weight excluding hydrogens is 301 g/mol. The highest BCUT2D eigenvalue weighted by Gasteiger charge is 2.11. The number of carbonyl (C=O) groups is 1. The Morgan fingerprint density at radius 2 is 2.09 bits per heavy atom. The number of aromatic amines is 1. The Morgan fingerprint density at radius 1 is 1.18 bits per heavy atom. The molecule has 4 rings (SSSR count). The van der Waals surface area contributed by atoms with Crippen molar-refractivity contribution in [1.29, 1.82) is 0 Å². The summed E-state index contributed by atoms with van der Waals surface area (Å²) in [6.07, 6.45) is 0. The van der Waals surface area contributed by atoms with Crippen LogP contribution in [0.5, 0.6) is 0 Å². The maximum Gasteiger partial charge on any atom is 0.272 e. The van der Waals surface area contributed by atoms with Crippen LogP contribution in [0, 0.1) is 5.82 Å². The Balaban J connectivity index is 1.64. The lowest BCUT2D eigenvalue weighted by molar-refractivity contribution is 0.102. The van der Waals surface area contributed by atoms with Gasteiger partial charge in [0, 0.05) is 16.6 Å². The van der Waals surface area contributed by atoms with Gasteiger partial charge in [0.25, 0.3) is 5.91 Å². The van der Waals surface area contributed by atoms with E-state index >= 15 is 0 Å². The molecule has 0 fully saturated rings. The van der Waals surface area contributed by atoms with E-state index in [9.17, 15) is 9.18 Å². The second-order valence-electron chi connectivity index (χ2n) is 4.90. The molecule has 0 saturated heterocycles. The van der Waals surface area contributed by atoms with Crippen LogP contribution in [0.1, 0.15) is 10.5 Å². The van der Waals surface area contributed by atoms with E-state index in [1.807, 2.05) is 18.2 Å². The minimum absolute atomic E-state index is 0.272. The molecule has 0 bridgehead atoms. The van der Waals surface area contributed by atoms with Crippen LogP contribution in [0.2, 0.25) is 0 Å². The lowest BCUT2D eigenvalue weighted by atomic mass is 10.2. The number of H-pyrrole nitrogens is 1. The van der Waals surface area contributed by atoms with Gasteiger partial charge in [-0.3, -0.25) is 4.79 Å². The van der Waals surface area contributed by atoms with Crippen molar-refractivity contribution in [2.45, 2.75) is 0 Å². The minimum Gasteiger partial charge on any atom is -0.351 e. The van der Waals surface area contributed by atoms with E-state index in [4.69, 9.17) is 0 Å². The topological polar surface area (TPSA) is 57.8 Å². The highest BCUT2D eigenvalue weighted by molar-refractivity contribution is 7.16. The molecule has 6 heteroatoms. The Hall–Kier alpha value is -2.73. The number of carbonyl (C=O) groups excluding carboxylic acids is 1. The van der Waals surface area contributed by atoms with Crippen LogP contribution in [0.15, 0.2) is 48.0 Å². The van der Waals surface area contributed by atoms with Crippen molar-refractivity contribution in [2.75, 3.05) is 5.32 Å². The van der Waals surface area contributed by atoms with E-state index < -0.39 is 0 Å². The Morgan fingerprint density at radius 3 is 3.00 bits per heavy atom. The fourth-order valence-electron chi connectivity index (χ4n) is 2.36. The summed E-state index contributed by atoms with van der Waals surface area (Å²) in [5.41, 5.74) is 4.40. The molecule has 0 atom stereocenters. The fourth-order valence-corrected chi connectivity index (χ4v) is 3.02. The van der Waals surface area contributed by atoms with Crippen LogP contribution >= 0.6 is 11.3 Å². The number of hydrogen-bond donors (Lipinski definition) is 2. The number of nitrogens with zero attached hydrogens (tertiary/aromatic N) is 1. The molecule has 2 aromatic carbocycles. The van der Waals surface area contributed by atoms with Gasteiger partial charge in [-0.1, -0.05) is 0 Å². The predicted octanol–water partition coefficient (Wildman–Crippen LogP) is 4.17. The number of aromatic nitrogens is 2. The van der Waals surface area contributed by atoms with Crippen molar-refractivity contribution >= 4 is 44.1 Å². The first-order chi connectivity index (χ1) is 10.7. The van der Waals surface area contributed by atoms with Gasteiger partial charge < -0.3 is 10.3 Å². The lowest BCUT2D eigenvalue weighted by Gasteiger charge is -2.03. The molecule has 0 unspecified atom stereocenters. The number of nitrogens with one attached hydrogen (secondary N) is 2. The third-order valence-electron chi connectivity index (χ3n) is 3.42. The lowest BCUT2D eigenvalue weighted by Crippen LogP contribution is -2.12. The summed E-state index contributed by atoms with van der Waals surface area (Å²) in [5, 5.41) is 3.48. The van der Waals surface area contributed by atoms with Crippen LogP contribution in [-0.2, 0) is 0 Å². The zero-order chi connectivity index (χ0) is 15.1. The maximum atomic E-state index is 13.2. The summed E-state index contributed by atoms with van der Waals surface area (Å²) in [6, 6.07) is 11.6. The summed E-state index contributed by atoms with van der Waals surface area (Å²) in [6.45, 7) is 0. The Labute approximate surface area is 128 Å². The Bertz CT molecular complexity index is 1000. The van der Waals surface area contributed by atoms with Gasteiger partial charge in [0.15, 0.2) is 0 Å². The van der Waals surface area contributed by atoms with Crippen molar-refractivity contribution in [3.63, 3.8) is 0 Å². The van der Waals surface area contributed by atoms with Crippen LogP contribution in [0.3, 0.4) is 0 Å². The van der Waals surface area contributed by atoms with E-state index in [2.05, 4.69) is 15.3 Å². The third-order valence-corrected chi connectivity index (χ3v) is 4.23. The summed E-state index contributed by atoms with van der Waals surface area (Å²) in [4.78, 5) is 19.5. The molecule has 2 aromatic heterocycles. The van der Waals surface area contributed by atoms with Crippen LogP contribution in [0.25, 0.3) is 21.1 Å². The monoisotopic (exact) mass is 311 g/mol. The second kappa shape index (κ2) is 4.92. The van der Waals surface area contributed by atoms with Crippen molar-refractivity contribution in [2.24, 2.45) is 0 Å². The second-order valence-corrected chi connectivity index (χ2v) is 5.79. The minimum atomic E-state index is -0.326. The molecule has 0 aliphatic carbocycles. The van der Waals surface area contributed by atoms with Crippen molar-refractivity contribution in [3.8, 4) is 0 Å². The zero-order valence-electron chi connectivity index (χ0n) is 11.3. The molecule has 2 N–H and O–H groups in total. The number of hydrogen-bond acceptors (Lipinski definition) is 3. The average Bonchev–Trinajstić information content (AvgIpc) is 3.12. The number of rotatable bonds is 2. The highest BCUT2D eigenvalue weighted by atomic mass is 32.1. The van der Waals surface area contributed by atoms with E-state index in [-0.39, 0.29) is 11.7 Å². The molecule has 22 heavy (non-hydrogen) atoms. The van der Waals surface area contributed by atoms with E-state index in [1.165, 1.54) is 12.1 Å². The first-order valence-corrected chi connectivity index (χ1v) is 7.50. The number of fused-ring (bicyclic) bond motifs is 2. The molecule has 108 valence electrons. The third kappa shape index (κ3) is 2.23.